The topological polar surface area (TPSA) is 55.6 Å². The van der Waals surface area contributed by atoms with Crippen LogP contribution in [0.5, 0.6) is 5.75 Å². The van der Waals surface area contributed by atoms with E-state index in [0.717, 1.165) is 31.8 Å². The lowest BCUT2D eigenvalue weighted by atomic mass is 9.98. The van der Waals surface area contributed by atoms with Gasteiger partial charge in [-0.05, 0) is 49.4 Å². The lowest BCUT2D eigenvalue weighted by Gasteiger charge is -2.20. The van der Waals surface area contributed by atoms with Crippen LogP contribution in [0, 0.1) is 5.92 Å². The van der Waals surface area contributed by atoms with Gasteiger partial charge in [0.15, 0.2) is 6.61 Å². The Morgan fingerprint density at radius 2 is 2.05 bits per heavy atom. The Hall–Kier alpha value is -1.71. The minimum atomic E-state index is 0.0820. The fourth-order valence-electron chi connectivity index (χ4n) is 2.62. The predicted molar refractivity (Wildman–Crippen MR) is 80.6 cm³/mol. The zero-order valence-corrected chi connectivity index (χ0v) is 12.2. The van der Waals surface area contributed by atoms with Crippen LogP contribution in [0.4, 0.5) is 5.69 Å². The van der Waals surface area contributed by atoms with Crippen molar-refractivity contribution in [1.29, 1.82) is 0 Å². The van der Waals surface area contributed by atoms with E-state index in [1.165, 1.54) is 12.8 Å². The summed E-state index contributed by atoms with van der Waals surface area (Å²) in [5, 5.41) is 0. The lowest BCUT2D eigenvalue weighted by Crippen LogP contribution is -2.35. The van der Waals surface area contributed by atoms with Crippen LogP contribution in [0.1, 0.15) is 32.6 Å². The number of carbonyl (C=O) groups excluding carboxylic acids is 1. The molecule has 1 atom stereocenters. The molecule has 4 nitrogen and oxygen atoms in total. The van der Waals surface area contributed by atoms with E-state index in [9.17, 15) is 4.79 Å². The molecule has 20 heavy (non-hydrogen) atoms. The zero-order valence-electron chi connectivity index (χ0n) is 12.2. The monoisotopic (exact) mass is 276 g/mol. The molecule has 1 unspecified atom stereocenters. The molecular formula is C16H24N2O2. The summed E-state index contributed by atoms with van der Waals surface area (Å²) < 4.78 is 5.52. The van der Waals surface area contributed by atoms with Crippen molar-refractivity contribution < 1.29 is 9.53 Å². The molecule has 1 amide bonds. The molecule has 2 rings (SSSR count). The largest absolute Gasteiger partial charge is 0.484 e. The SMILES string of the molecule is CCC1CCCN(C(=O)COc2ccc(N)cc2)CC1. The Morgan fingerprint density at radius 1 is 1.30 bits per heavy atom. The highest BCUT2D eigenvalue weighted by molar-refractivity contribution is 5.77. The molecule has 0 aromatic heterocycles. The summed E-state index contributed by atoms with van der Waals surface area (Å²) in [4.78, 5) is 14.1. The first kappa shape index (κ1) is 14.7. The first-order valence-corrected chi connectivity index (χ1v) is 7.45. The second kappa shape index (κ2) is 7.17. The second-order valence-electron chi connectivity index (χ2n) is 5.44. The van der Waals surface area contributed by atoms with E-state index >= 15 is 0 Å². The Balaban J connectivity index is 1.81. The van der Waals surface area contributed by atoms with Crippen LogP contribution in [0.2, 0.25) is 0 Å². The van der Waals surface area contributed by atoms with Crippen LogP contribution >= 0.6 is 0 Å². The highest BCUT2D eigenvalue weighted by Gasteiger charge is 2.19. The number of hydrogen-bond acceptors (Lipinski definition) is 3. The maximum absolute atomic E-state index is 12.2. The van der Waals surface area contributed by atoms with Gasteiger partial charge in [-0.3, -0.25) is 4.79 Å². The molecule has 4 heteroatoms. The standard InChI is InChI=1S/C16H24N2O2/c1-2-13-4-3-10-18(11-9-13)16(19)12-20-15-7-5-14(17)6-8-15/h5-8,13H,2-4,9-12,17H2,1H3. The zero-order chi connectivity index (χ0) is 14.4. The van der Waals surface area contributed by atoms with Crippen molar-refractivity contribution in [3.05, 3.63) is 24.3 Å². The van der Waals surface area contributed by atoms with E-state index in [2.05, 4.69) is 6.92 Å². The van der Waals surface area contributed by atoms with Gasteiger partial charge in [-0.1, -0.05) is 13.3 Å². The first-order valence-electron chi connectivity index (χ1n) is 7.45. The second-order valence-corrected chi connectivity index (χ2v) is 5.44. The van der Waals surface area contributed by atoms with Gasteiger partial charge in [-0.15, -0.1) is 0 Å². The van der Waals surface area contributed by atoms with Crippen LogP contribution in [0.15, 0.2) is 24.3 Å². The molecule has 1 aromatic carbocycles. The van der Waals surface area contributed by atoms with Crippen LogP contribution in [0.3, 0.4) is 0 Å². The molecule has 0 spiro atoms. The minimum Gasteiger partial charge on any atom is -0.484 e. The summed E-state index contributed by atoms with van der Waals surface area (Å²) in [5.41, 5.74) is 6.31. The maximum Gasteiger partial charge on any atom is 0.260 e. The fraction of sp³-hybridized carbons (Fsp3) is 0.562. The third-order valence-corrected chi connectivity index (χ3v) is 4.02. The van der Waals surface area contributed by atoms with Gasteiger partial charge in [0, 0.05) is 18.8 Å². The summed E-state index contributed by atoms with van der Waals surface area (Å²) >= 11 is 0. The van der Waals surface area contributed by atoms with Gasteiger partial charge in [-0.2, -0.15) is 0 Å². The molecule has 1 saturated heterocycles. The smallest absolute Gasteiger partial charge is 0.260 e. The number of nitrogens with zero attached hydrogens (tertiary/aromatic N) is 1. The molecule has 0 aliphatic carbocycles. The van der Waals surface area contributed by atoms with Crippen LogP contribution in [0.25, 0.3) is 0 Å². The first-order chi connectivity index (χ1) is 9.69. The normalized spacial score (nSPS) is 19.4. The van der Waals surface area contributed by atoms with Crippen molar-refractivity contribution in [3.63, 3.8) is 0 Å². The summed E-state index contributed by atoms with van der Waals surface area (Å²) in [6.45, 7) is 4.07. The summed E-state index contributed by atoms with van der Waals surface area (Å²) in [5.74, 6) is 1.54. The van der Waals surface area contributed by atoms with Crippen molar-refractivity contribution in [3.8, 4) is 5.75 Å². The van der Waals surface area contributed by atoms with Crippen molar-refractivity contribution in [1.82, 2.24) is 4.90 Å². The van der Waals surface area contributed by atoms with E-state index in [0.29, 0.717) is 11.4 Å². The molecule has 1 aliphatic rings. The van der Waals surface area contributed by atoms with Gasteiger partial charge in [0.1, 0.15) is 5.75 Å². The Bertz CT molecular complexity index is 431. The molecule has 1 aromatic rings. The molecule has 0 radical (unpaired) electrons. The van der Waals surface area contributed by atoms with Gasteiger partial charge in [-0.25, -0.2) is 0 Å². The van der Waals surface area contributed by atoms with Crippen LogP contribution in [-0.2, 0) is 4.79 Å². The molecule has 1 aliphatic heterocycles. The number of carbonyl (C=O) groups is 1. The van der Waals surface area contributed by atoms with Crippen molar-refractivity contribution in [2.75, 3.05) is 25.4 Å². The fourth-order valence-corrected chi connectivity index (χ4v) is 2.62. The Labute approximate surface area is 120 Å². The summed E-state index contributed by atoms with van der Waals surface area (Å²) in [6.07, 6.45) is 4.67. The highest BCUT2D eigenvalue weighted by atomic mass is 16.5. The average molecular weight is 276 g/mol. The third kappa shape index (κ3) is 4.15. The highest BCUT2D eigenvalue weighted by Crippen LogP contribution is 2.20. The quantitative estimate of drug-likeness (QED) is 0.860. The number of nitrogens with two attached hydrogens (primary N) is 1. The number of ether oxygens (including phenoxy) is 1. The number of likely N-dealkylation sites (tertiary alicyclic amines) is 1. The number of amides is 1. The molecule has 0 bridgehead atoms. The molecular weight excluding hydrogens is 252 g/mol. The molecule has 1 heterocycles. The van der Waals surface area contributed by atoms with Gasteiger partial charge >= 0.3 is 0 Å². The van der Waals surface area contributed by atoms with E-state index in [1.807, 2.05) is 4.90 Å². The van der Waals surface area contributed by atoms with Gasteiger partial charge in [0.2, 0.25) is 0 Å². The summed E-state index contributed by atoms with van der Waals surface area (Å²) in [6, 6.07) is 7.13. The van der Waals surface area contributed by atoms with Crippen molar-refractivity contribution in [2.45, 2.75) is 32.6 Å². The van der Waals surface area contributed by atoms with Gasteiger partial charge in [0.05, 0.1) is 0 Å². The summed E-state index contributed by atoms with van der Waals surface area (Å²) in [7, 11) is 0. The van der Waals surface area contributed by atoms with E-state index in [4.69, 9.17) is 10.5 Å². The van der Waals surface area contributed by atoms with Crippen LogP contribution < -0.4 is 10.5 Å². The molecule has 110 valence electrons. The minimum absolute atomic E-state index is 0.0820. The molecule has 1 fully saturated rings. The third-order valence-electron chi connectivity index (χ3n) is 4.02. The Morgan fingerprint density at radius 3 is 2.75 bits per heavy atom. The average Bonchev–Trinajstić information content (AvgIpc) is 2.72. The number of hydrogen-bond donors (Lipinski definition) is 1. The lowest BCUT2D eigenvalue weighted by molar-refractivity contribution is -0.133. The number of nitrogen functional groups attached to an aromatic ring is 1. The Kier molecular flexibility index (Phi) is 5.27. The van der Waals surface area contributed by atoms with E-state index in [-0.39, 0.29) is 12.5 Å². The number of rotatable bonds is 4. The number of benzene rings is 1. The van der Waals surface area contributed by atoms with Crippen molar-refractivity contribution >= 4 is 11.6 Å². The van der Waals surface area contributed by atoms with Crippen LogP contribution in [-0.4, -0.2) is 30.5 Å². The van der Waals surface area contributed by atoms with Gasteiger partial charge in [0.25, 0.3) is 5.91 Å². The van der Waals surface area contributed by atoms with E-state index in [1.54, 1.807) is 24.3 Å². The van der Waals surface area contributed by atoms with E-state index < -0.39 is 0 Å². The maximum atomic E-state index is 12.2. The molecule has 2 N–H and O–H groups in total. The predicted octanol–water partition coefficient (Wildman–Crippen LogP) is 2.69. The van der Waals surface area contributed by atoms with Gasteiger partial charge < -0.3 is 15.4 Å². The molecule has 0 saturated carbocycles. The number of anilines is 1. The van der Waals surface area contributed by atoms with Crippen molar-refractivity contribution in [2.24, 2.45) is 5.92 Å².